The first kappa shape index (κ1) is 18.1. The van der Waals surface area contributed by atoms with Crippen LogP contribution in [0.3, 0.4) is 0 Å². The van der Waals surface area contributed by atoms with Crippen molar-refractivity contribution in [3.63, 3.8) is 0 Å². The summed E-state index contributed by atoms with van der Waals surface area (Å²) in [6.45, 7) is -0.570. The number of rotatable bonds is 4. The number of carbonyl (C=O) groups excluding carboxylic acids is 2. The van der Waals surface area contributed by atoms with Crippen molar-refractivity contribution in [2.24, 2.45) is 0 Å². The summed E-state index contributed by atoms with van der Waals surface area (Å²) in [5.74, 6) is -2.87. The zero-order valence-electron chi connectivity index (χ0n) is 13.5. The lowest BCUT2D eigenvalue weighted by atomic mass is 9.95. The van der Waals surface area contributed by atoms with Gasteiger partial charge in [-0.1, -0.05) is 29.8 Å². The molecule has 0 spiro atoms. The first-order valence-corrected chi connectivity index (χ1v) is 8.23. The highest BCUT2D eigenvalue weighted by Crippen LogP contribution is 2.40. The van der Waals surface area contributed by atoms with Gasteiger partial charge in [-0.3, -0.25) is 9.59 Å². The van der Waals surface area contributed by atoms with Gasteiger partial charge in [-0.25, -0.2) is 4.39 Å². The van der Waals surface area contributed by atoms with Crippen LogP contribution in [-0.4, -0.2) is 40.0 Å². The zero-order chi connectivity index (χ0) is 18.8. The van der Waals surface area contributed by atoms with E-state index in [1.165, 1.54) is 42.5 Å². The fourth-order valence-electron chi connectivity index (χ4n) is 3.00. The molecule has 5 nitrogen and oxygen atoms in total. The maximum absolute atomic E-state index is 14.4. The van der Waals surface area contributed by atoms with Crippen LogP contribution in [0, 0.1) is 5.82 Å². The smallest absolute Gasteiger partial charge is 0.295 e. The van der Waals surface area contributed by atoms with Gasteiger partial charge in [-0.15, -0.1) is 0 Å². The summed E-state index contributed by atoms with van der Waals surface area (Å²) < 4.78 is 14.4. The Hall–Kier alpha value is -2.70. The molecule has 3 rings (SSSR count). The number of β-amino-alcohol motifs (C(OH)–C–C–N with tert-alkyl or cyclic N) is 1. The Morgan fingerprint density at radius 3 is 2.38 bits per heavy atom. The van der Waals surface area contributed by atoms with E-state index in [0.29, 0.717) is 5.02 Å². The number of Topliss-reactive ketones (excluding diaryl/α,β-unsaturated/α-hetero) is 1. The summed E-state index contributed by atoms with van der Waals surface area (Å²) in [6, 6.07) is 10.6. The molecule has 0 radical (unpaired) electrons. The van der Waals surface area contributed by atoms with Gasteiger partial charge in [-0.2, -0.15) is 0 Å². The largest absolute Gasteiger partial charge is 0.507 e. The fourth-order valence-corrected chi connectivity index (χ4v) is 3.13. The van der Waals surface area contributed by atoms with E-state index in [4.69, 9.17) is 11.6 Å². The van der Waals surface area contributed by atoms with Crippen molar-refractivity contribution >= 4 is 29.1 Å². The molecule has 1 heterocycles. The summed E-state index contributed by atoms with van der Waals surface area (Å²) in [6.07, 6.45) is 0. The lowest BCUT2D eigenvalue weighted by Gasteiger charge is -2.24. The number of amides is 1. The summed E-state index contributed by atoms with van der Waals surface area (Å²) in [5.41, 5.74) is 0.115. The Balaban J connectivity index is 2.21. The second-order valence-electron chi connectivity index (χ2n) is 5.74. The molecule has 0 bridgehead atoms. The van der Waals surface area contributed by atoms with Crippen LogP contribution in [0.15, 0.2) is 54.1 Å². The van der Waals surface area contributed by atoms with Crippen molar-refractivity contribution in [1.82, 2.24) is 4.90 Å². The maximum Gasteiger partial charge on any atom is 0.295 e. The molecule has 1 aliphatic heterocycles. The quantitative estimate of drug-likeness (QED) is 0.489. The molecule has 0 aliphatic carbocycles. The number of benzene rings is 2. The Labute approximate surface area is 153 Å². The van der Waals surface area contributed by atoms with E-state index in [1.54, 1.807) is 6.07 Å². The molecule has 1 amide bonds. The van der Waals surface area contributed by atoms with Crippen molar-refractivity contribution < 1.29 is 24.2 Å². The van der Waals surface area contributed by atoms with E-state index < -0.39 is 35.9 Å². The van der Waals surface area contributed by atoms with Crippen LogP contribution in [0.4, 0.5) is 4.39 Å². The first-order chi connectivity index (χ1) is 12.5. The minimum Gasteiger partial charge on any atom is -0.507 e. The molecule has 26 heavy (non-hydrogen) atoms. The number of nitrogens with zero attached hydrogens (tertiary/aromatic N) is 1. The number of likely N-dealkylation sites (tertiary alicyclic amines) is 1. The Morgan fingerprint density at radius 2 is 1.77 bits per heavy atom. The molecule has 1 saturated heterocycles. The monoisotopic (exact) mass is 375 g/mol. The lowest BCUT2D eigenvalue weighted by Crippen LogP contribution is -2.32. The van der Waals surface area contributed by atoms with Gasteiger partial charge in [-0.05, 0) is 30.3 Å². The molecule has 1 atom stereocenters. The SMILES string of the molecule is O=C1C(=O)N(CCO)C(c2ccccc2F)/C1=C(\O)c1ccc(Cl)cc1. The Kier molecular flexibility index (Phi) is 5.06. The lowest BCUT2D eigenvalue weighted by molar-refractivity contribution is -0.140. The van der Waals surface area contributed by atoms with Crippen LogP contribution in [-0.2, 0) is 9.59 Å². The number of aliphatic hydroxyl groups is 2. The normalized spacial score (nSPS) is 19.2. The van der Waals surface area contributed by atoms with Gasteiger partial charge < -0.3 is 15.1 Å². The molecule has 2 aromatic rings. The second kappa shape index (κ2) is 7.27. The fraction of sp³-hybridized carbons (Fsp3) is 0.158. The van der Waals surface area contributed by atoms with Crippen molar-refractivity contribution in [3.8, 4) is 0 Å². The molecular weight excluding hydrogens is 361 g/mol. The number of halogens is 2. The van der Waals surface area contributed by atoms with Crippen molar-refractivity contribution in [1.29, 1.82) is 0 Å². The van der Waals surface area contributed by atoms with E-state index >= 15 is 0 Å². The van der Waals surface area contributed by atoms with E-state index in [-0.39, 0.29) is 23.2 Å². The molecule has 1 unspecified atom stereocenters. The van der Waals surface area contributed by atoms with Crippen LogP contribution >= 0.6 is 11.6 Å². The molecular formula is C19H15ClFNO4. The molecule has 0 aromatic heterocycles. The highest BCUT2D eigenvalue weighted by Gasteiger charge is 2.46. The molecule has 0 saturated carbocycles. The van der Waals surface area contributed by atoms with Crippen molar-refractivity contribution in [2.45, 2.75) is 6.04 Å². The van der Waals surface area contributed by atoms with E-state index in [0.717, 1.165) is 4.90 Å². The molecule has 1 fully saturated rings. The molecule has 1 aliphatic rings. The Morgan fingerprint density at radius 1 is 1.12 bits per heavy atom. The number of ketones is 1. The van der Waals surface area contributed by atoms with Gasteiger partial charge in [0.05, 0.1) is 18.2 Å². The predicted octanol–water partition coefficient (Wildman–Crippen LogP) is 2.89. The summed E-state index contributed by atoms with van der Waals surface area (Å²) >= 11 is 5.83. The third kappa shape index (κ3) is 3.09. The highest BCUT2D eigenvalue weighted by atomic mass is 35.5. The predicted molar refractivity (Wildman–Crippen MR) is 93.9 cm³/mol. The summed E-state index contributed by atoms with van der Waals surface area (Å²) in [7, 11) is 0. The van der Waals surface area contributed by atoms with Gasteiger partial charge >= 0.3 is 0 Å². The minimum absolute atomic E-state index is 0.0654. The molecule has 2 N–H and O–H groups in total. The van der Waals surface area contributed by atoms with Gasteiger partial charge in [0.15, 0.2) is 0 Å². The van der Waals surface area contributed by atoms with Crippen LogP contribution in [0.25, 0.3) is 5.76 Å². The first-order valence-electron chi connectivity index (χ1n) is 7.85. The van der Waals surface area contributed by atoms with Crippen LogP contribution in [0.5, 0.6) is 0 Å². The topological polar surface area (TPSA) is 77.8 Å². The second-order valence-corrected chi connectivity index (χ2v) is 6.18. The summed E-state index contributed by atoms with van der Waals surface area (Å²) in [5, 5.41) is 20.3. The summed E-state index contributed by atoms with van der Waals surface area (Å²) in [4.78, 5) is 26.0. The average molecular weight is 376 g/mol. The molecule has 2 aromatic carbocycles. The number of aliphatic hydroxyl groups excluding tert-OH is 2. The van der Waals surface area contributed by atoms with Crippen LogP contribution in [0.1, 0.15) is 17.2 Å². The minimum atomic E-state index is -1.13. The highest BCUT2D eigenvalue weighted by molar-refractivity contribution is 6.46. The van der Waals surface area contributed by atoms with Gasteiger partial charge in [0, 0.05) is 22.7 Å². The number of carbonyl (C=O) groups is 2. The van der Waals surface area contributed by atoms with E-state index in [1.807, 2.05) is 0 Å². The molecule has 7 heteroatoms. The van der Waals surface area contributed by atoms with Gasteiger partial charge in [0.1, 0.15) is 11.6 Å². The number of hydrogen-bond donors (Lipinski definition) is 2. The van der Waals surface area contributed by atoms with Crippen LogP contribution in [0.2, 0.25) is 5.02 Å². The standard InChI is InChI=1S/C19H15ClFNO4/c20-12-7-5-11(6-8-12)17(24)15-16(13-3-1-2-4-14(13)21)22(9-10-23)19(26)18(15)25/h1-8,16,23-24H,9-10H2/b17-15+. The third-order valence-electron chi connectivity index (χ3n) is 4.20. The maximum atomic E-state index is 14.4. The van der Waals surface area contributed by atoms with Gasteiger partial charge in [0.25, 0.3) is 11.7 Å². The van der Waals surface area contributed by atoms with Crippen LogP contribution < -0.4 is 0 Å². The van der Waals surface area contributed by atoms with E-state index in [2.05, 4.69) is 0 Å². The molecule has 134 valence electrons. The average Bonchev–Trinajstić information content (AvgIpc) is 2.87. The third-order valence-corrected chi connectivity index (χ3v) is 4.45. The van der Waals surface area contributed by atoms with Crippen molar-refractivity contribution in [3.05, 3.63) is 76.1 Å². The zero-order valence-corrected chi connectivity index (χ0v) is 14.3. The van der Waals surface area contributed by atoms with E-state index in [9.17, 15) is 24.2 Å². The van der Waals surface area contributed by atoms with Gasteiger partial charge in [0.2, 0.25) is 0 Å². The Bertz CT molecular complexity index is 895. The van der Waals surface area contributed by atoms with Crippen molar-refractivity contribution in [2.75, 3.05) is 13.2 Å². The number of hydrogen-bond acceptors (Lipinski definition) is 4.